The van der Waals surface area contributed by atoms with Crippen LogP contribution in [0.15, 0.2) is 21.2 Å². The molecule has 0 aliphatic rings. The molecule has 0 aliphatic carbocycles. The highest BCUT2D eigenvalue weighted by atomic mass is 79.9. The third kappa shape index (κ3) is 2.40. The van der Waals surface area contributed by atoms with E-state index >= 15 is 0 Å². The Morgan fingerprint density at radius 1 is 1.69 bits per heavy atom. The van der Waals surface area contributed by atoms with Gasteiger partial charge < -0.3 is 4.42 Å². The Hall–Kier alpha value is -0.170. The van der Waals surface area contributed by atoms with E-state index in [-0.39, 0.29) is 5.76 Å². The number of furan rings is 1. The maximum atomic E-state index is 12.7. The molecule has 1 unspecified atom stereocenters. The molecule has 3 N–H and O–H groups in total. The topological polar surface area (TPSA) is 51.2 Å². The zero-order valence-electron chi connectivity index (χ0n) is 6.23. The molecule has 1 rings (SSSR count). The maximum absolute atomic E-state index is 12.7. The summed E-state index contributed by atoms with van der Waals surface area (Å²) in [5, 5.41) is -3.50. The lowest BCUT2D eigenvalue weighted by atomic mass is 10.2. The molecule has 13 heavy (non-hydrogen) atoms. The van der Waals surface area contributed by atoms with Crippen molar-refractivity contribution in [3.8, 4) is 0 Å². The van der Waals surface area contributed by atoms with Crippen LogP contribution in [0.3, 0.4) is 0 Å². The zero-order chi connectivity index (χ0) is 10.1. The van der Waals surface area contributed by atoms with Crippen LogP contribution in [0.2, 0.25) is 0 Å². The van der Waals surface area contributed by atoms with Crippen molar-refractivity contribution < 1.29 is 13.2 Å². The Bertz CT molecular complexity index is 288. The molecule has 0 aliphatic heterocycles. The van der Waals surface area contributed by atoms with Crippen molar-refractivity contribution in [1.29, 1.82) is 0 Å². The first kappa shape index (κ1) is 10.9. The molecule has 0 radical (unpaired) electrons. The van der Waals surface area contributed by atoms with Crippen LogP contribution < -0.4 is 11.3 Å². The summed E-state index contributed by atoms with van der Waals surface area (Å²) in [5.74, 6) is 4.88. The lowest BCUT2D eigenvalue weighted by molar-refractivity contribution is 0.0406. The van der Waals surface area contributed by atoms with Crippen molar-refractivity contribution in [2.75, 3.05) is 0 Å². The van der Waals surface area contributed by atoms with Crippen LogP contribution in [0.4, 0.5) is 8.78 Å². The number of alkyl halides is 3. The van der Waals surface area contributed by atoms with Crippen LogP contribution in [0.1, 0.15) is 11.8 Å². The molecule has 7 heteroatoms. The minimum Gasteiger partial charge on any atom is -0.466 e. The summed E-state index contributed by atoms with van der Waals surface area (Å²) in [6.45, 7) is 0. The third-order valence-electron chi connectivity index (χ3n) is 1.40. The SMILES string of the molecule is NNC(c1occc1Br)C(F)(F)Cl. The molecule has 1 heterocycles. The van der Waals surface area contributed by atoms with E-state index in [0.717, 1.165) is 0 Å². The van der Waals surface area contributed by atoms with Crippen LogP contribution in [-0.4, -0.2) is 5.38 Å². The maximum Gasteiger partial charge on any atom is 0.345 e. The van der Waals surface area contributed by atoms with Crippen molar-refractivity contribution in [1.82, 2.24) is 5.43 Å². The van der Waals surface area contributed by atoms with Crippen molar-refractivity contribution in [3.05, 3.63) is 22.6 Å². The van der Waals surface area contributed by atoms with Gasteiger partial charge in [-0.15, -0.1) is 0 Å². The van der Waals surface area contributed by atoms with Crippen molar-refractivity contribution in [3.63, 3.8) is 0 Å². The number of hydrogen-bond donors (Lipinski definition) is 2. The van der Waals surface area contributed by atoms with E-state index < -0.39 is 11.4 Å². The molecule has 1 aromatic heterocycles. The van der Waals surface area contributed by atoms with Gasteiger partial charge in [0, 0.05) is 0 Å². The Balaban J connectivity index is 2.98. The van der Waals surface area contributed by atoms with E-state index in [4.69, 9.17) is 21.9 Å². The van der Waals surface area contributed by atoms with E-state index in [1.54, 1.807) is 0 Å². The second-order valence-corrected chi connectivity index (χ2v) is 3.63. The van der Waals surface area contributed by atoms with Gasteiger partial charge in [-0.25, -0.2) is 5.43 Å². The van der Waals surface area contributed by atoms with Gasteiger partial charge in [0.1, 0.15) is 5.76 Å². The van der Waals surface area contributed by atoms with Crippen LogP contribution >= 0.6 is 27.5 Å². The smallest absolute Gasteiger partial charge is 0.345 e. The Morgan fingerprint density at radius 2 is 2.31 bits per heavy atom. The normalized spacial score (nSPS) is 14.5. The van der Waals surface area contributed by atoms with Gasteiger partial charge in [-0.1, -0.05) is 0 Å². The fraction of sp³-hybridized carbons (Fsp3) is 0.333. The predicted octanol–water partition coefficient (Wildman–Crippen LogP) is 2.38. The van der Waals surface area contributed by atoms with E-state index in [2.05, 4.69) is 15.9 Å². The quantitative estimate of drug-likeness (QED) is 0.506. The molecule has 1 atom stereocenters. The standard InChI is InChI=1S/C6H6BrClF2N2O/c7-3-1-2-13-4(3)5(12-11)6(8,9)10/h1-2,5,12H,11H2. The Kier molecular flexibility index (Phi) is 3.28. The van der Waals surface area contributed by atoms with Gasteiger partial charge in [0.25, 0.3) is 0 Å². The summed E-state index contributed by atoms with van der Waals surface area (Å²) >= 11 is 7.82. The van der Waals surface area contributed by atoms with Crippen LogP contribution in [0.5, 0.6) is 0 Å². The number of hydrogen-bond acceptors (Lipinski definition) is 3. The minimum atomic E-state index is -3.50. The summed E-state index contributed by atoms with van der Waals surface area (Å²) < 4.78 is 30.5. The molecule has 0 bridgehead atoms. The average molecular weight is 275 g/mol. The van der Waals surface area contributed by atoms with Crippen LogP contribution in [-0.2, 0) is 0 Å². The summed E-state index contributed by atoms with van der Waals surface area (Å²) in [6.07, 6.45) is 1.26. The van der Waals surface area contributed by atoms with Gasteiger partial charge in [0.05, 0.1) is 10.7 Å². The largest absolute Gasteiger partial charge is 0.466 e. The lowest BCUT2D eigenvalue weighted by Crippen LogP contribution is -2.37. The Morgan fingerprint density at radius 3 is 2.62 bits per heavy atom. The van der Waals surface area contributed by atoms with Gasteiger partial charge >= 0.3 is 5.38 Å². The minimum absolute atomic E-state index is 0.0394. The highest BCUT2D eigenvalue weighted by Gasteiger charge is 2.40. The van der Waals surface area contributed by atoms with E-state index in [1.807, 2.05) is 5.43 Å². The monoisotopic (exact) mass is 274 g/mol. The molecule has 0 spiro atoms. The molecule has 0 fully saturated rings. The van der Waals surface area contributed by atoms with Gasteiger partial charge in [-0.2, -0.15) is 8.78 Å². The fourth-order valence-electron chi connectivity index (χ4n) is 0.830. The number of hydrazine groups is 1. The second-order valence-electron chi connectivity index (χ2n) is 2.27. The first-order chi connectivity index (χ1) is 5.96. The molecule has 3 nitrogen and oxygen atoms in total. The zero-order valence-corrected chi connectivity index (χ0v) is 8.57. The average Bonchev–Trinajstić information content (AvgIpc) is 2.35. The lowest BCUT2D eigenvalue weighted by Gasteiger charge is -2.18. The summed E-state index contributed by atoms with van der Waals surface area (Å²) in [5.41, 5.74) is 1.88. The summed E-state index contributed by atoms with van der Waals surface area (Å²) in [7, 11) is 0. The van der Waals surface area contributed by atoms with Crippen molar-refractivity contribution in [2.45, 2.75) is 11.4 Å². The first-order valence-electron chi connectivity index (χ1n) is 3.22. The number of halogens is 4. The first-order valence-corrected chi connectivity index (χ1v) is 4.39. The van der Waals surface area contributed by atoms with Gasteiger partial charge in [0.15, 0.2) is 6.04 Å². The molecular weight excluding hydrogens is 269 g/mol. The second kappa shape index (κ2) is 3.91. The molecule has 74 valence electrons. The van der Waals surface area contributed by atoms with Crippen LogP contribution in [0, 0.1) is 0 Å². The molecule has 0 saturated heterocycles. The third-order valence-corrected chi connectivity index (χ3v) is 2.27. The number of rotatable bonds is 3. The predicted molar refractivity (Wildman–Crippen MR) is 47.3 cm³/mol. The molecule has 0 saturated carbocycles. The van der Waals surface area contributed by atoms with E-state index in [9.17, 15) is 8.78 Å². The molecule has 1 aromatic rings. The van der Waals surface area contributed by atoms with Gasteiger partial charge in [-0.05, 0) is 33.6 Å². The molecular formula is C6H6BrClF2N2O. The van der Waals surface area contributed by atoms with Crippen molar-refractivity contribution >= 4 is 27.5 Å². The Labute approximate surface area is 86.3 Å². The highest BCUT2D eigenvalue weighted by Crippen LogP contribution is 2.37. The fourth-order valence-corrected chi connectivity index (χ4v) is 1.42. The van der Waals surface area contributed by atoms with E-state index in [0.29, 0.717) is 4.47 Å². The van der Waals surface area contributed by atoms with Gasteiger partial charge in [-0.3, -0.25) is 5.84 Å². The van der Waals surface area contributed by atoms with E-state index in [1.165, 1.54) is 12.3 Å². The number of nitrogens with two attached hydrogens (primary N) is 1. The molecule has 0 aromatic carbocycles. The van der Waals surface area contributed by atoms with Crippen LogP contribution in [0.25, 0.3) is 0 Å². The number of nitrogens with one attached hydrogen (secondary N) is 1. The summed E-state index contributed by atoms with van der Waals surface area (Å²) in [4.78, 5) is 0. The van der Waals surface area contributed by atoms with Gasteiger partial charge in [0.2, 0.25) is 0 Å². The van der Waals surface area contributed by atoms with Crippen molar-refractivity contribution in [2.24, 2.45) is 5.84 Å². The highest BCUT2D eigenvalue weighted by molar-refractivity contribution is 9.10. The molecule has 0 amide bonds. The summed E-state index contributed by atoms with van der Waals surface area (Å²) in [6, 6.07) is -0.0824.